The maximum Gasteiger partial charge on any atom is 0.321 e. The lowest BCUT2D eigenvalue weighted by atomic mass is 10.0. The SMILES string of the molecule is O=C(COc1ccc([N+](=O)[O-])cc1Cc1ccccc1)NC(=O)NC1CC1. The maximum absolute atomic E-state index is 11.9. The van der Waals surface area contributed by atoms with Crippen LogP contribution in [-0.4, -0.2) is 29.5 Å². The number of amides is 3. The molecule has 140 valence electrons. The van der Waals surface area contributed by atoms with Gasteiger partial charge in [-0.1, -0.05) is 30.3 Å². The van der Waals surface area contributed by atoms with Gasteiger partial charge in [0.05, 0.1) is 4.92 Å². The molecule has 2 aromatic rings. The summed E-state index contributed by atoms with van der Waals surface area (Å²) in [6.07, 6.45) is 2.26. The van der Waals surface area contributed by atoms with Crippen LogP contribution in [0, 0.1) is 10.1 Å². The van der Waals surface area contributed by atoms with E-state index in [-0.39, 0.29) is 18.3 Å². The van der Waals surface area contributed by atoms with Gasteiger partial charge in [-0.2, -0.15) is 0 Å². The molecule has 1 aliphatic carbocycles. The summed E-state index contributed by atoms with van der Waals surface area (Å²) in [5.74, 6) is -0.223. The maximum atomic E-state index is 11.9. The van der Waals surface area contributed by atoms with Gasteiger partial charge < -0.3 is 10.1 Å². The minimum absolute atomic E-state index is 0.0541. The number of benzene rings is 2. The van der Waals surface area contributed by atoms with Crippen molar-refractivity contribution in [2.24, 2.45) is 0 Å². The van der Waals surface area contributed by atoms with Crippen molar-refractivity contribution in [1.82, 2.24) is 10.6 Å². The molecule has 0 aromatic heterocycles. The second kappa shape index (κ2) is 8.31. The van der Waals surface area contributed by atoms with E-state index in [0.717, 1.165) is 18.4 Å². The number of carbonyl (C=O) groups is 2. The largest absolute Gasteiger partial charge is 0.483 e. The summed E-state index contributed by atoms with van der Waals surface area (Å²) in [5.41, 5.74) is 1.49. The van der Waals surface area contributed by atoms with Gasteiger partial charge in [0.1, 0.15) is 5.75 Å². The van der Waals surface area contributed by atoms with Crippen LogP contribution in [0.4, 0.5) is 10.5 Å². The first-order valence-corrected chi connectivity index (χ1v) is 8.55. The van der Waals surface area contributed by atoms with Gasteiger partial charge in [0, 0.05) is 30.2 Å². The first-order chi connectivity index (χ1) is 13.0. The number of nitrogens with zero attached hydrogens (tertiary/aromatic N) is 1. The van der Waals surface area contributed by atoms with Gasteiger partial charge in [-0.05, 0) is 24.5 Å². The quantitative estimate of drug-likeness (QED) is 0.576. The van der Waals surface area contributed by atoms with Crippen LogP contribution in [0.15, 0.2) is 48.5 Å². The molecule has 3 amide bonds. The van der Waals surface area contributed by atoms with Crippen molar-refractivity contribution < 1.29 is 19.2 Å². The number of non-ortho nitro benzene ring substituents is 1. The smallest absolute Gasteiger partial charge is 0.321 e. The summed E-state index contributed by atoms with van der Waals surface area (Å²) in [7, 11) is 0. The van der Waals surface area contributed by atoms with E-state index in [1.807, 2.05) is 30.3 Å². The Balaban J connectivity index is 1.66. The summed E-state index contributed by atoms with van der Waals surface area (Å²) in [6.45, 7) is -0.363. The number of rotatable bonds is 7. The van der Waals surface area contributed by atoms with Crippen LogP contribution >= 0.6 is 0 Å². The summed E-state index contributed by atoms with van der Waals surface area (Å²) in [5, 5.41) is 15.9. The zero-order valence-corrected chi connectivity index (χ0v) is 14.5. The lowest BCUT2D eigenvalue weighted by molar-refractivity contribution is -0.384. The van der Waals surface area contributed by atoms with Crippen molar-refractivity contribution in [3.8, 4) is 5.75 Å². The van der Waals surface area contributed by atoms with Crippen LogP contribution in [0.5, 0.6) is 5.75 Å². The molecule has 0 heterocycles. The third kappa shape index (κ3) is 5.53. The molecule has 8 nitrogen and oxygen atoms in total. The fourth-order valence-electron chi connectivity index (χ4n) is 2.53. The van der Waals surface area contributed by atoms with E-state index in [0.29, 0.717) is 17.7 Å². The molecule has 2 N–H and O–H groups in total. The number of nitrogens with one attached hydrogen (secondary N) is 2. The Bertz CT molecular complexity index is 850. The first-order valence-electron chi connectivity index (χ1n) is 8.55. The van der Waals surface area contributed by atoms with Crippen LogP contribution in [-0.2, 0) is 11.2 Å². The molecule has 27 heavy (non-hydrogen) atoms. The highest BCUT2D eigenvalue weighted by molar-refractivity contribution is 5.95. The average molecular weight is 369 g/mol. The lowest BCUT2D eigenvalue weighted by Gasteiger charge is -2.12. The summed E-state index contributed by atoms with van der Waals surface area (Å²) >= 11 is 0. The van der Waals surface area contributed by atoms with Crippen LogP contribution in [0.2, 0.25) is 0 Å². The van der Waals surface area contributed by atoms with Crippen LogP contribution in [0.1, 0.15) is 24.0 Å². The number of nitro benzene ring substituents is 1. The second-order valence-electron chi connectivity index (χ2n) is 6.30. The molecule has 0 atom stereocenters. The van der Waals surface area contributed by atoms with Crippen molar-refractivity contribution >= 4 is 17.6 Å². The summed E-state index contributed by atoms with van der Waals surface area (Å²) in [4.78, 5) is 34.0. The predicted octanol–water partition coefficient (Wildman–Crippen LogP) is 2.55. The van der Waals surface area contributed by atoms with Gasteiger partial charge in [0.2, 0.25) is 0 Å². The fraction of sp³-hybridized carbons (Fsp3) is 0.263. The molecule has 3 rings (SSSR count). The number of urea groups is 1. The topological polar surface area (TPSA) is 111 Å². The van der Waals surface area contributed by atoms with E-state index < -0.39 is 16.9 Å². The van der Waals surface area contributed by atoms with Gasteiger partial charge in [-0.25, -0.2) is 4.79 Å². The minimum Gasteiger partial charge on any atom is -0.483 e. The van der Waals surface area contributed by atoms with Crippen LogP contribution in [0.3, 0.4) is 0 Å². The molecular formula is C19H19N3O5. The third-order valence-electron chi connectivity index (χ3n) is 4.02. The lowest BCUT2D eigenvalue weighted by Crippen LogP contribution is -2.42. The van der Waals surface area contributed by atoms with Crippen molar-refractivity contribution in [3.63, 3.8) is 0 Å². The van der Waals surface area contributed by atoms with E-state index in [1.54, 1.807) is 0 Å². The molecule has 0 unspecified atom stereocenters. The molecule has 0 saturated heterocycles. The Hall–Kier alpha value is -3.42. The molecular weight excluding hydrogens is 350 g/mol. The highest BCUT2D eigenvalue weighted by Crippen LogP contribution is 2.26. The Kier molecular flexibility index (Phi) is 5.65. The van der Waals surface area contributed by atoms with E-state index in [1.165, 1.54) is 18.2 Å². The number of nitro groups is 1. The van der Waals surface area contributed by atoms with E-state index in [9.17, 15) is 19.7 Å². The summed E-state index contributed by atoms with van der Waals surface area (Å²) in [6, 6.07) is 13.2. The number of ether oxygens (including phenoxy) is 1. The molecule has 1 fully saturated rings. The number of hydrogen-bond acceptors (Lipinski definition) is 5. The van der Waals surface area contributed by atoms with Gasteiger partial charge in [-0.15, -0.1) is 0 Å². The average Bonchev–Trinajstić information content (AvgIpc) is 3.45. The van der Waals surface area contributed by atoms with Gasteiger partial charge >= 0.3 is 6.03 Å². The van der Waals surface area contributed by atoms with Crippen molar-refractivity contribution in [2.45, 2.75) is 25.3 Å². The number of carbonyl (C=O) groups excluding carboxylic acids is 2. The number of imide groups is 1. The molecule has 1 saturated carbocycles. The van der Waals surface area contributed by atoms with Crippen molar-refractivity contribution in [2.75, 3.05) is 6.61 Å². The summed E-state index contributed by atoms with van der Waals surface area (Å²) < 4.78 is 5.51. The van der Waals surface area contributed by atoms with Gasteiger partial charge in [-0.3, -0.25) is 20.2 Å². The Morgan fingerprint density at radius 1 is 1.15 bits per heavy atom. The second-order valence-corrected chi connectivity index (χ2v) is 6.30. The minimum atomic E-state index is -0.586. The zero-order valence-electron chi connectivity index (χ0n) is 14.5. The molecule has 0 aliphatic heterocycles. The first kappa shape index (κ1) is 18.4. The molecule has 0 spiro atoms. The van der Waals surface area contributed by atoms with Crippen LogP contribution < -0.4 is 15.4 Å². The molecule has 1 aliphatic rings. The van der Waals surface area contributed by atoms with Crippen LogP contribution in [0.25, 0.3) is 0 Å². The van der Waals surface area contributed by atoms with Crippen molar-refractivity contribution in [1.29, 1.82) is 0 Å². The van der Waals surface area contributed by atoms with E-state index in [2.05, 4.69) is 10.6 Å². The van der Waals surface area contributed by atoms with Crippen molar-refractivity contribution in [3.05, 3.63) is 69.8 Å². The normalized spacial score (nSPS) is 12.9. The molecule has 8 heteroatoms. The molecule has 0 bridgehead atoms. The van der Waals surface area contributed by atoms with Gasteiger partial charge in [0.15, 0.2) is 6.61 Å². The van der Waals surface area contributed by atoms with Gasteiger partial charge in [0.25, 0.3) is 11.6 Å². The highest BCUT2D eigenvalue weighted by Gasteiger charge is 2.24. The molecule has 2 aromatic carbocycles. The van der Waals surface area contributed by atoms with E-state index >= 15 is 0 Å². The zero-order chi connectivity index (χ0) is 19.2. The van der Waals surface area contributed by atoms with E-state index in [4.69, 9.17) is 4.74 Å². The number of hydrogen-bond donors (Lipinski definition) is 2. The highest BCUT2D eigenvalue weighted by atomic mass is 16.6. The molecule has 0 radical (unpaired) electrons. The predicted molar refractivity (Wildman–Crippen MR) is 97.5 cm³/mol. The monoisotopic (exact) mass is 369 g/mol. The Morgan fingerprint density at radius 3 is 2.56 bits per heavy atom. The third-order valence-corrected chi connectivity index (χ3v) is 4.02. The fourth-order valence-corrected chi connectivity index (χ4v) is 2.53. The Morgan fingerprint density at radius 2 is 1.89 bits per heavy atom. The standard InChI is InChI=1S/C19H19N3O5/c23-18(21-19(24)20-15-6-7-15)12-27-17-9-8-16(22(25)26)11-14(17)10-13-4-2-1-3-5-13/h1-5,8-9,11,15H,6-7,10,12H2,(H2,20,21,23,24). The Labute approximate surface area is 155 Å².